The number of benzene rings is 1. The average Bonchev–Trinajstić information content (AvgIpc) is 2.26. The Kier molecular flexibility index (Phi) is 4.34. The maximum atomic E-state index is 5.61. The third kappa shape index (κ3) is 3.52. The molecule has 0 radical (unpaired) electrons. The maximum absolute atomic E-state index is 5.61. The molecule has 0 heterocycles. The van der Waals surface area contributed by atoms with E-state index in [9.17, 15) is 0 Å². The summed E-state index contributed by atoms with van der Waals surface area (Å²) in [5.41, 5.74) is 2.25. The van der Waals surface area contributed by atoms with E-state index in [0.29, 0.717) is 0 Å². The molecule has 0 atom stereocenters. The van der Waals surface area contributed by atoms with Crippen molar-refractivity contribution < 1.29 is 9.47 Å². The molecule has 2 nitrogen and oxygen atoms in total. The molecule has 0 fully saturated rings. The summed E-state index contributed by atoms with van der Waals surface area (Å²) in [6.07, 6.45) is 1.48. The topological polar surface area (TPSA) is 18.5 Å². The smallest absolute Gasteiger partial charge is 0.130 e. The normalized spacial score (nSPS) is 12.2. The van der Waals surface area contributed by atoms with Gasteiger partial charge in [0.25, 0.3) is 0 Å². The third-order valence-corrected chi connectivity index (χ3v) is 3.13. The van der Waals surface area contributed by atoms with E-state index < -0.39 is 0 Å². The van der Waals surface area contributed by atoms with Crippen LogP contribution >= 0.6 is 0 Å². The minimum atomic E-state index is -0.0119. The average molecular weight is 262 g/mol. The first kappa shape index (κ1) is 15.6. The van der Waals surface area contributed by atoms with Crippen molar-refractivity contribution in [3.63, 3.8) is 0 Å². The van der Waals surface area contributed by atoms with Gasteiger partial charge in [0.05, 0.1) is 13.4 Å². The van der Waals surface area contributed by atoms with Crippen molar-refractivity contribution >= 4 is 0 Å². The monoisotopic (exact) mass is 262 g/mol. The molecule has 0 aliphatic carbocycles. The Morgan fingerprint density at radius 2 is 1.32 bits per heavy atom. The fourth-order valence-corrected chi connectivity index (χ4v) is 2.09. The van der Waals surface area contributed by atoms with Gasteiger partial charge in [0.1, 0.15) is 11.5 Å². The minimum absolute atomic E-state index is 0.00103. The van der Waals surface area contributed by atoms with Gasteiger partial charge in [-0.05, 0) is 23.0 Å². The molecule has 1 rings (SSSR count). The van der Waals surface area contributed by atoms with Crippen LogP contribution in [0.3, 0.4) is 0 Å². The highest BCUT2D eigenvalue weighted by atomic mass is 16.5. The molecular formula is C17H26O2. The molecule has 0 spiro atoms. The van der Waals surface area contributed by atoms with Crippen LogP contribution in [0.2, 0.25) is 0 Å². The van der Waals surface area contributed by atoms with Crippen LogP contribution in [0.15, 0.2) is 25.0 Å². The highest BCUT2D eigenvalue weighted by molar-refractivity contribution is 5.51. The van der Waals surface area contributed by atoms with Gasteiger partial charge in [0, 0.05) is 11.1 Å². The summed E-state index contributed by atoms with van der Waals surface area (Å²) in [5.74, 6) is 1.77. The van der Waals surface area contributed by atoms with Crippen LogP contribution in [-0.2, 0) is 10.8 Å². The molecule has 0 aliphatic heterocycles. The zero-order chi connectivity index (χ0) is 14.8. The lowest BCUT2D eigenvalue weighted by atomic mass is 9.81. The van der Waals surface area contributed by atoms with E-state index in [1.807, 2.05) is 0 Å². The molecule has 2 heteroatoms. The van der Waals surface area contributed by atoms with Crippen LogP contribution in [0.5, 0.6) is 11.5 Å². The van der Waals surface area contributed by atoms with E-state index in [1.54, 1.807) is 7.11 Å². The molecule has 0 aliphatic rings. The Balaban J connectivity index is 3.55. The lowest BCUT2D eigenvalue weighted by Crippen LogP contribution is -2.17. The summed E-state index contributed by atoms with van der Waals surface area (Å²) in [5, 5.41) is 0. The standard InChI is InChI=1S/C17H26O2/c1-9-19-15-11-12(16(2,3)4)14(18-8)10-13(15)17(5,6)7/h9-11H,1H2,2-8H3. The highest BCUT2D eigenvalue weighted by Crippen LogP contribution is 2.41. The molecule has 0 saturated carbocycles. The molecular weight excluding hydrogens is 236 g/mol. The molecule has 1 aromatic carbocycles. The van der Waals surface area contributed by atoms with Gasteiger partial charge in [-0.1, -0.05) is 48.1 Å². The Morgan fingerprint density at radius 1 is 0.895 bits per heavy atom. The predicted octanol–water partition coefficient (Wildman–Crippen LogP) is 4.81. The Labute approximate surface area is 117 Å². The SMILES string of the molecule is C=COc1cc(C(C)(C)C)c(OC)cc1C(C)(C)C. The number of hydrogen-bond acceptors (Lipinski definition) is 2. The summed E-state index contributed by atoms with van der Waals surface area (Å²) < 4.78 is 11.2. The van der Waals surface area contributed by atoms with Crippen LogP contribution in [-0.4, -0.2) is 7.11 Å². The second kappa shape index (κ2) is 5.28. The first-order valence-corrected chi connectivity index (χ1v) is 6.62. The van der Waals surface area contributed by atoms with E-state index in [4.69, 9.17) is 9.47 Å². The molecule has 0 unspecified atom stereocenters. The van der Waals surface area contributed by atoms with Crippen molar-refractivity contribution in [3.05, 3.63) is 36.1 Å². The number of ether oxygens (including phenoxy) is 2. The van der Waals surface area contributed by atoms with Crippen molar-refractivity contribution in [3.8, 4) is 11.5 Å². The molecule has 0 saturated heterocycles. The maximum Gasteiger partial charge on any atom is 0.130 e. The summed E-state index contributed by atoms with van der Waals surface area (Å²) in [6, 6.07) is 4.15. The molecule has 0 amide bonds. The Bertz CT molecular complexity index is 459. The Morgan fingerprint density at radius 3 is 1.68 bits per heavy atom. The lowest BCUT2D eigenvalue weighted by Gasteiger charge is -2.28. The highest BCUT2D eigenvalue weighted by Gasteiger charge is 2.26. The van der Waals surface area contributed by atoms with E-state index >= 15 is 0 Å². The van der Waals surface area contributed by atoms with Gasteiger partial charge in [-0.3, -0.25) is 0 Å². The molecule has 0 bridgehead atoms. The molecule has 0 N–H and O–H groups in total. The number of rotatable bonds is 3. The van der Waals surface area contributed by atoms with Gasteiger partial charge in [0.2, 0.25) is 0 Å². The van der Waals surface area contributed by atoms with E-state index in [1.165, 1.54) is 6.26 Å². The fourth-order valence-electron chi connectivity index (χ4n) is 2.09. The van der Waals surface area contributed by atoms with E-state index in [0.717, 1.165) is 22.6 Å². The van der Waals surface area contributed by atoms with Gasteiger partial charge in [-0.15, -0.1) is 0 Å². The van der Waals surface area contributed by atoms with Gasteiger partial charge in [-0.2, -0.15) is 0 Å². The van der Waals surface area contributed by atoms with Crippen molar-refractivity contribution in [2.24, 2.45) is 0 Å². The lowest BCUT2D eigenvalue weighted by molar-refractivity contribution is 0.389. The Hall–Kier alpha value is -1.44. The van der Waals surface area contributed by atoms with Gasteiger partial charge < -0.3 is 9.47 Å². The minimum Gasteiger partial charge on any atom is -0.496 e. The van der Waals surface area contributed by atoms with Crippen molar-refractivity contribution in [2.75, 3.05) is 7.11 Å². The van der Waals surface area contributed by atoms with Crippen molar-refractivity contribution in [1.82, 2.24) is 0 Å². The van der Waals surface area contributed by atoms with Gasteiger partial charge in [0.15, 0.2) is 0 Å². The summed E-state index contributed by atoms with van der Waals surface area (Å²) in [7, 11) is 1.71. The summed E-state index contributed by atoms with van der Waals surface area (Å²) in [6.45, 7) is 16.6. The fraction of sp³-hybridized carbons (Fsp3) is 0.529. The quantitative estimate of drug-likeness (QED) is 0.728. The first-order valence-electron chi connectivity index (χ1n) is 6.62. The summed E-state index contributed by atoms with van der Waals surface area (Å²) in [4.78, 5) is 0. The second-order valence-electron chi connectivity index (χ2n) is 6.83. The van der Waals surface area contributed by atoms with Crippen LogP contribution in [0, 0.1) is 0 Å². The van der Waals surface area contributed by atoms with Gasteiger partial charge in [-0.25, -0.2) is 0 Å². The number of hydrogen-bond donors (Lipinski definition) is 0. The largest absolute Gasteiger partial charge is 0.496 e. The molecule has 19 heavy (non-hydrogen) atoms. The van der Waals surface area contributed by atoms with Crippen LogP contribution in [0.25, 0.3) is 0 Å². The van der Waals surface area contributed by atoms with Crippen molar-refractivity contribution in [1.29, 1.82) is 0 Å². The molecule has 1 aromatic rings. The first-order chi connectivity index (χ1) is 8.61. The van der Waals surface area contributed by atoms with E-state index in [2.05, 4.69) is 60.3 Å². The zero-order valence-corrected chi connectivity index (χ0v) is 13.3. The van der Waals surface area contributed by atoms with Crippen LogP contribution in [0.1, 0.15) is 52.7 Å². The van der Waals surface area contributed by atoms with Crippen LogP contribution in [0.4, 0.5) is 0 Å². The second-order valence-corrected chi connectivity index (χ2v) is 6.83. The molecule has 106 valence electrons. The zero-order valence-electron chi connectivity index (χ0n) is 13.3. The number of methoxy groups -OCH3 is 1. The van der Waals surface area contributed by atoms with Crippen LogP contribution < -0.4 is 9.47 Å². The summed E-state index contributed by atoms with van der Waals surface area (Å²) >= 11 is 0. The predicted molar refractivity (Wildman–Crippen MR) is 81.2 cm³/mol. The molecule has 0 aromatic heterocycles. The van der Waals surface area contributed by atoms with Crippen molar-refractivity contribution in [2.45, 2.75) is 52.4 Å². The third-order valence-electron chi connectivity index (χ3n) is 3.13. The van der Waals surface area contributed by atoms with Gasteiger partial charge >= 0.3 is 0 Å². The van der Waals surface area contributed by atoms with E-state index in [-0.39, 0.29) is 10.8 Å².